The lowest BCUT2D eigenvalue weighted by molar-refractivity contribution is 0.0598. The van der Waals surface area contributed by atoms with E-state index in [9.17, 15) is 14.3 Å². The second-order valence-electron chi connectivity index (χ2n) is 9.42. The molecule has 0 bridgehead atoms. The fraction of sp³-hybridized carbons (Fsp3) is 0.265. The van der Waals surface area contributed by atoms with Crippen molar-refractivity contribution in [2.24, 2.45) is 0 Å². The molecule has 7 heteroatoms. The topological polar surface area (TPSA) is 74.2 Å². The van der Waals surface area contributed by atoms with Gasteiger partial charge in [0, 0.05) is 23.1 Å². The van der Waals surface area contributed by atoms with Crippen LogP contribution in [0.15, 0.2) is 78.9 Å². The Bertz CT molecular complexity index is 1470. The molecule has 41 heavy (non-hydrogen) atoms. The zero-order valence-electron chi connectivity index (χ0n) is 23.6. The monoisotopic (exact) mass is 558 g/mol. The number of carbonyl (C=O) groups is 1. The highest BCUT2D eigenvalue weighted by atomic mass is 19.1. The van der Waals surface area contributed by atoms with Crippen LogP contribution in [0.2, 0.25) is 0 Å². The predicted octanol–water partition coefficient (Wildman–Crippen LogP) is 8.14. The molecule has 1 N–H and O–H groups in total. The number of aromatic hydroxyl groups is 1. The van der Waals surface area contributed by atoms with E-state index >= 15 is 0 Å². The first-order valence-corrected chi connectivity index (χ1v) is 13.8. The third-order valence-corrected chi connectivity index (χ3v) is 6.65. The molecule has 4 rings (SSSR count). The molecule has 0 spiro atoms. The van der Waals surface area contributed by atoms with E-state index in [1.54, 1.807) is 36.4 Å². The molecule has 0 aliphatic heterocycles. The fourth-order valence-electron chi connectivity index (χ4n) is 4.61. The van der Waals surface area contributed by atoms with Crippen molar-refractivity contribution in [3.63, 3.8) is 0 Å². The smallest absolute Gasteiger partial charge is 0.341 e. The average molecular weight is 559 g/mol. The van der Waals surface area contributed by atoms with Gasteiger partial charge in [-0.1, -0.05) is 50.6 Å². The molecule has 0 fully saturated rings. The van der Waals surface area contributed by atoms with E-state index in [2.05, 4.69) is 6.92 Å². The summed E-state index contributed by atoms with van der Waals surface area (Å²) < 4.78 is 36.6. The number of para-hydroxylation sites is 1. The van der Waals surface area contributed by atoms with E-state index in [0.717, 1.165) is 29.7 Å². The van der Waals surface area contributed by atoms with Crippen molar-refractivity contribution in [2.75, 3.05) is 20.3 Å². The van der Waals surface area contributed by atoms with Crippen molar-refractivity contribution < 1.29 is 33.2 Å². The molecule has 4 aromatic rings. The summed E-state index contributed by atoms with van der Waals surface area (Å²) in [6, 6.07) is 22.3. The first-order chi connectivity index (χ1) is 20.0. The Morgan fingerprint density at radius 2 is 1.44 bits per heavy atom. The molecule has 0 unspecified atom stereocenters. The van der Waals surface area contributed by atoms with Gasteiger partial charge in [-0.15, -0.1) is 0 Å². The molecule has 0 saturated carbocycles. The van der Waals surface area contributed by atoms with Crippen LogP contribution in [0.3, 0.4) is 0 Å². The number of esters is 1. The van der Waals surface area contributed by atoms with Crippen LogP contribution in [0.1, 0.15) is 48.2 Å². The van der Waals surface area contributed by atoms with Gasteiger partial charge in [0.1, 0.15) is 40.1 Å². The molecular weight excluding hydrogens is 523 g/mol. The Labute approximate surface area is 240 Å². The molecule has 0 heterocycles. The Kier molecular flexibility index (Phi) is 10.2. The van der Waals surface area contributed by atoms with Crippen molar-refractivity contribution >= 4 is 5.97 Å². The third-order valence-electron chi connectivity index (χ3n) is 6.65. The summed E-state index contributed by atoms with van der Waals surface area (Å²) in [6.45, 7) is 4.85. The van der Waals surface area contributed by atoms with Crippen molar-refractivity contribution in [1.82, 2.24) is 0 Å². The minimum atomic E-state index is -0.463. The number of rotatable bonds is 13. The molecule has 214 valence electrons. The summed E-state index contributed by atoms with van der Waals surface area (Å²) in [5.74, 6) is 1.73. The fourth-order valence-corrected chi connectivity index (χ4v) is 4.61. The van der Waals surface area contributed by atoms with Crippen LogP contribution in [0.25, 0.3) is 11.1 Å². The second kappa shape index (κ2) is 14.2. The first-order valence-electron chi connectivity index (χ1n) is 13.8. The Morgan fingerprint density at radius 3 is 2.12 bits per heavy atom. The number of halogens is 1. The number of phenols is 1. The Hall–Kier alpha value is -4.52. The molecule has 6 nitrogen and oxygen atoms in total. The lowest BCUT2D eigenvalue weighted by Gasteiger charge is -2.17. The molecule has 0 aliphatic carbocycles. The van der Waals surface area contributed by atoms with Gasteiger partial charge in [0.25, 0.3) is 0 Å². The summed E-state index contributed by atoms with van der Waals surface area (Å²) in [5.41, 5.74) is 3.35. The van der Waals surface area contributed by atoms with E-state index < -0.39 is 5.97 Å². The minimum Gasteiger partial charge on any atom is -0.507 e. The summed E-state index contributed by atoms with van der Waals surface area (Å²) in [7, 11) is 1.34. The van der Waals surface area contributed by atoms with Crippen LogP contribution in [0, 0.1) is 5.82 Å². The van der Waals surface area contributed by atoms with Crippen LogP contribution in [0.5, 0.6) is 28.7 Å². The standard InChI is InChI=1S/C34H35FO6/c1-4-10-27-29(13-8-14-31(27)41-32-12-7-6-11-28(32)34(37)38-3)39-21-9-22-40-30-20-19-26(33(36)25(30)5-2)23-15-17-24(35)18-16-23/h6-8,11-20,36H,4-5,9-10,21-22H2,1-3H3. The highest BCUT2D eigenvalue weighted by Crippen LogP contribution is 2.38. The number of carbonyl (C=O) groups excluding carboxylic acids is 1. The normalized spacial score (nSPS) is 10.7. The molecule has 0 atom stereocenters. The summed E-state index contributed by atoms with van der Waals surface area (Å²) in [6.07, 6.45) is 2.82. The number of hydrogen-bond acceptors (Lipinski definition) is 6. The molecule has 4 aromatic carbocycles. The second-order valence-corrected chi connectivity index (χ2v) is 9.42. The maximum atomic E-state index is 13.3. The summed E-state index contributed by atoms with van der Waals surface area (Å²) in [5, 5.41) is 10.9. The van der Waals surface area contributed by atoms with E-state index in [-0.39, 0.29) is 11.6 Å². The van der Waals surface area contributed by atoms with Crippen LogP contribution in [-0.4, -0.2) is 31.4 Å². The lowest BCUT2D eigenvalue weighted by Crippen LogP contribution is -2.08. The predicted molar refractivity (Wildman–Crippen MR) is 157 cm³/mol. The van der Waals surface area contributed by atoms with Crippen LogP contribution < -0.4 is 14.2 Å². The van der Waals surface area contributed by atoms with Gasteiger partial charge in [0.15, 0.2) is 0 Å². The van der Waals surface area contributed by atoms with Crippen molar-refractivity contribution in [1.29, 1.82) is 0 Å². The van der Waals surface area contributed by atoms with Crippen LogP contribution >= 0.6 is 0 Å². The maximum Gasteiger partial charge on any atom is 0.341 e. The number of ether oxygens (including phenoxy) is 4. The van der Waals surface area contributed by atoms with Gasteiger partial charge >= 0.3 is 5.97 Å². The zero-order chi connectivity index (χ0) is 29.2. The van der Waals surface area contributed by atoms with Gasteiger partial charge in [-0.3, -0.25) is 0 Å². The van der Waals surface area contributed by atoms with E-state index in [4.69, 9.17) is 18.9 Å². The molecule has 0 amide bonds. The largest absolute Gasteiger partial charge is 0.507 e. The highest BCUT2D eigenvalue weighted by Gasteiger charge is 2.17. The van der Waals surface area contributed by atoms with E-state index in [1.165, 1.54) is 19.2 Å². The number of methoxy groups -OCH3 is 1. The van der Waals surface area contributed by atoms with Crippen molar-refractivity contribution in [3.8, 4) is 39.9 Å². The Balaban J connectivity index is 1.40. The lowest BCUT2D eigenvalue weighted by atomic mass is 9.99. The van der Waals surface area contributed by atoms with Gasteiger partial charge in [-0.25, -0.2) is 9.18 Å². The van der Waals surface area contributed by atoms with E-state index in [1.807, 2.05) is 37.3 Å². The van der Waals surface area contributed by atoms with Gasteiger partial charge in [0.05, 0.1) is 20.3 Å². The van der Waals surface area contributed by atoms with Gasteiger partial charge in [-0.05, 0) is 66.9 Å². The van der Waals surface area contributed by atoms with Crippen LogP contribution in [0.4, 0.5) is 4.39 Å². The zero-order valence-corrected chi connectivity index (χ0v) is 23.6. The quantitative estimate of drug-likeness (QED) is 0.132. The molecule has 0 aromatic heterocycles. The van der Waals surface area contributed by atoms with Crippen molar-refractivity contribution in [3.05, 3.63) is 101 Å². The maximum absolute atomic E-state index is 13.3. The first kappa shape index (κ1) is 29.5. The van der Waals surface area contributed by atoms with Crippen LogP contribution in [-0.2, 0) is 17.6 Å². The van der Waals surface area contributed by atoms with Gasteiger partial charge in [-0.2, -0.15) is 0 Å². The van der Waals surface area contributed by atoms with E-state index in [0.29, 0.717) is 60.0 Å². The molecule has 0 saturated heterocycles. The Morgan fingerprint density at radius 1 is 0.780 bits per heavy atom. The molecule has 0 aliphatic rings. The third kappa shape index (κ3) is 7.17. The molecule has 0 radical (unpaired) electrons. The average Bonchev–Trinajstić information content (AvgIpc) is 2.99. The van der Waals surface area contributed by atoms with Gasteiger partial charge in [0.2, 0.25) is 0 Å². The SMILES string of the molecule is CCCc1c(OCCCOc2ccc(-c3ccc(F)cc3)c(O)c2CC)cccc1Oc1ccccc1C(=O)OC. The minimum absolute atomic E-state index is 0.141. The molecular formula is C34H35FO6. The number of hydrogen-bond donors (Lipinski definition) is 1. The number of benzene rings is 4. The number of phenolic OH excluding ortho intramolecular Hbond substituents is 1. The van der Waals surface area contributed by atoms with Crippen molar-refractivity contribution in [2.45, 2.75) is 39.5 Å². The summed E-state index contributed by atoms with van der Waals surface area (Å²) in [4.78, 5) is 12.2. The highest BCUT2D eigenvalue weighted by molar-refractivity contribution is 5.92. The summed E-state index contributed by atoms with van der Waals surface area (Å²) >= 11 is 0. The van der Waals surface area contributed by atoms with Gasteiger partial charge < -0.3 is 24.1 Å².